The molecule has 2 aliphatic carbocycles. The van der Waals surface area contributed by atoms with Crippen molar-refractivity contribution in [3.05, 3.63) is 21.9 Å². The van der Waals surface area contributed by atoms with E-state index in [1.54, 1.807) is 11.3 Å². The molecule has 1 amide bonds. The lowest BCUT2D eigenvalue weighted by atomic mass is 9.88. The number of hydrogen-bond acceptors (Lipinski definition) is 2. The number of nitrogens with zero attached hydrogens (tertiary/aromatic N) is 1. The maximum absolute atomic E-state index is 12.5. The number of aryl methyl sites for hydroxylation is 1. The van der Waals surface area contributed by atoms with Crippen LogP contribution in [0.1, 0.15) is 36.1 Å². The predicted molar refractivity (Wildman–Crippen MR) is 74.5 cm³/mol. The summed E-state index contributed by atoms with van der Waals surface area (Å²) < 4.78 is 0. The number of fused-ring (bicyclic) bond motifs is 2. The molecule has 3 rings (SSSR count). The highest BCUT2D eigenvalue weighted by molar-refractivity contribution is 7.10. The van der Waals surface area contributed by atoms with E-state index in [1.807, 2.05) is 11.9 Å². The first-order valence-corrected chi connectivity index (χ1v) is 7.81. The molecule has 0 spiro atoms. The molecular weight excluding hydrogens is 242 g/mol. The largest absolute Gasteiger partial charge is 0.340 e. The molecule has 3 heteroatoms. The third kappa shape index (κ3) is 2.09. The zero-order chi connectivity index (χ0) is 12.7. The molecule has 2 fully saturated rings. The molecule has 18 heavy (non-hydrogen) atoms. The van der Waals surface area contributed by atoms with Gasteiger partial charge in [-0.15, -0.1) is 11.3 Å². The van der Waals surface area contributed by atoms with Gasteiger partial charge in [0.2, 0.25) is 5.91 Å². The Labute approximate surface area is 113 Å². The van der Waals surface area contributed by atoms with Crippen molar-refractivity contribution in [3.63, 3.8) is 0 Å². The number of carbonyl (C=O) groups excluding carboxylic acids is 1. The van der Waals surface area contributed by atoms with Gasteiger partial charge in [0, 0.05) is 17.8 Å². The number of carbonyl (C=O) groups is 1. The van der Waals surface area contributed by atoms with Crippen LogP contribution in [-0.2, 0) is 11.3 Å². The molecule has 2 aliphatic rings. The van der Waals surface area contributed by atoms with Gasteiger partial charge in [0.05, 0.1) is 6.54 Å². The lowest BCUT2D eigenvalue weighted by Crippen LogP contribution is -2.35. The lowest BCUT2D eigenvalue weighted by Gasteiger charge is -2.26. The number of thiophene rings is 1. The maximum atomic E-state index is 12.5. The first-order valence-electron chi connectivity index (χ1n) is 6.93. The quantitative estimate of drug-likeness (QED) is 0.818. The number of rotatable bonds is 3. The topological polar surface area (TPSA) is 20.3 Å². The Kier molecular flexibility index (Phi) is 3.18. The van der Waals surface area contributed by atoms with E-state index in [2.05, 4.69) is 18.4 Å². The van der Waals surface area contributed by atoms with E-state index in [1.165, 1.54) is 29.7 Å². The average Bonchev–Trinajstić information content (AvgIpc) is 3.05. The van der Waals surface area contributed by atoms with Gasteiger partial charge < -0.3 is 4.90 Å². The van der Waals surface area contributed by atoms with Crippen molar-refractivity contribution in [2.45, 2.75) is 39.2 Å². The molecule has 0 aromatic carbocycles. The van der Waals surface area contributed by atoms with E-state index in [9.17, 15) is 4.79 Å². The fraction of sp³-hybridized carbons (Fsp3) is 0.667. The van der Waals surface area contributed by atoms with Crippen LogP contribution in [0.5, 0.6) is 0 Å². The molecule has 1 heterocycles. The summed E-state index contributed by atoms with van der Waals surface area (Å²) in [6, 6.07) is 2.13. The highest BCUT2D eigenvalue weighted by Gasteiger charge is 2.43. The zero-order valence-electron chi connectivity index (χ0n) is 11.2. The Morgan fingerprint density at radius 1 is 1.44 bits per heavy atom. The Bertz CT molecular complexity index is 453. The van der Waals surface area contributed by atoms with Gasteiger partial charge in [0.15, 0.2) is 0 Å². The van der Waals surface area contributed by atoms with Crippen LogP contribution in [0.4, 0.5) is 0 Å². The molecule has 3 unspecified atom stereocenters. The third-order valence-corrected chi connectivity index (χ3v) is 5.79. The summed E-state index contributed by atoms with van der Waals surface area (Å²) in [5, 5.41) is 2.11. The van der Waals surface area contributed by atoms with Crippen LogP contribution in [0.25, 0.3) is 0 Å². The van der Waals surface area contributed by atoms with Gasteiger partial charge >= 0.3 is 0 Å². The van der Waals surface area contributed by atoms with Crippen molar-refractivity contribution in [3.8, 4) is 0 Å². The summed E-state index contributed by atoms with van der Waals surface area (Å²) in [5.74, 6) is 2.25. The Morgan fingerprint density at radius 2 is 2.28 bits per heavy atom. The van der Waals surface area contributed by atoms with Crippen LogP contribution < -0.4 is 0 Å². The van der Waals surface area contributed by atoms with Crippen LogP contribution in [0.15, 0.2) is 11.4 Å². The highest BCUT2D eigenvalue weighted by atomic mass is 32.1. The zero-order valence-corrected chi connectivity index (χ0v) is 12.0. The van der Waals surface area contributed by atoms with E-state index in [0.717, 1.165) is 18.9 Å². The molecular formula is C15H21NOS. The molecule has 0 N–H and O–H groups in total. The first-order chi connectivity index (χ1) is 8.65. The van der Waals surface area contributed by atoms with E-state index < -0.39 is 0 Å². The molecule has 1 aromatic rings. The van der Waals surface area contributed by atoms with Gasteiger partial charge in [0.1, 0.15) is 0 Å². The smallest absolute Gasteiger partial charge is 0.226 e. The number of amides is 1. The molecule has 2 nitrogen and oxygen atoms in total. The van der Waals surface area contributed by atoms with Crippen LogP contribution >= 0.6 is 11.3 Å². The third-order valence-electron chi connectivity index (χ3n) is 4.78. The Balaban J connectivity index is 1.64. The molecule has 0 aliphatic heterocycles. The summed E-state index contributed by atoms with van der Waals surface area (Å²) in [7, 11) is 1.97. The summed E-state index contributed by atoms with van der Waals surface area (Å²) in [4.78, 5) is 15.8. The predicted octanol–water partition coefficient (Wildman–Crippen LogP) is 3.45. The molecule has 0 saturated heterocycles. The first kappa shape index (κ1) is 12.2. The normalized spacial score (nSPS) is 29.8. The monoisotopic (exact) mass is 263 g/mol. The standard InChI is InChI=1S/C15H21NOS/c1-10-5-6-18-14(10)9-16(2)15(17)13-8-11-3-4-12(13)7-11/h5-6,11-13H,3-4,7-9H2,1-2H3. The summed E-state index contributed by atoms with van der Waals surface area (Å²) >= 11 is 1.76. The van der Waals surface area contributed by atoms with E-state index in [4.69, 9.17) is 0 Å². The average molecular weight is 263 g/mol. The van der Waals surface area contributed by atoms with E-state index in [0.29, 0.717) is 17.7 Å². The van der Waals surface area contributed by atoms with Crippen LogP contribution in [-0.4, -0.2) is 17.9 Å². The molecule has 2 bridgehead atoms. The van der Waals surface area contributed by atoms with Gasteiger partial charge in [-0.1, -0.05) is 6.42 Å². The minimum absolute atomic E-state index is 0.328. The lowest BCUT2D eigenvalue weighted by molar-refractivity contribution is -0.136. The highest BCUT2D eigenvalue weighted by Crippen LogP contribution is 2.48. The SMILES string of the molecule is Cc1ccsc1CN(C)C(=O)C1CC2CCC1C2. The van der Waals surface area contributed by atoms with Crippen molar-refractivity contribution < 1.29 is 4.79 Å². The van der Waals surface area contributed by atoms with Gasteiger partial charge in [-0.3, -0.25) is 4.79 Å². The van der Waals surface area contributed by atoms with Gasteiger partial charge in [-0.2, -0.15) is 0 Å². The van der Waals surface area contributed by atoms with E-state index >= 15 is 0 Å². The second kappa shape index (κ2) is 4.69. The van der Waals surface area contributed by atoms with E-state index in [-0.39, 0.29) is 0 Å². The fourth-order valence-electron chi connectivity index (χ4n) is 3.69. The minimum atomic E-state index is 0.328. The maximum Gasteiger partial charge on any atom is 0.226 e. The number of hydrogen-bond donors (Lipinski definition) is 0. The van der Waals surface area contributed by atoms with Crippen molar-refractivity contribution >= 4 is 17.2 Å². The summed E-state index contributed by atoms with van der Waals surface area (Å²) in [6.45, 7) is 2.91. The van der Waals surface area contributed by atoms with Crippen LogP contribution in [0, 0.1) is 24.7 Å². The molecule has 3 atom stereocenters. The van der Waals surface area contributed by atoms with Gasteiger partial charge in [0.25, 0.3) is 0 Å². The van der Waals surface area contributed by atoms with Gasteiger partial charge in [-0.05, 0) is 55.0 Å². The van der Waals surface area contributed by atoms with Crippen LogP contribution in [0.2, 0.25) is 0 Å². The van der Waals surface area contributed by atoms with Crippen LogP contribution in [0.3, 0.4) is 0 Å². The minimum Gasteiger partial charge on any atom is -0.340 e. The Hall–Kier alpha value is -0.830. The second-order valence-electron chi connectivity index (χ2n) is 6.00. The van der Waals surface area contributed by atoms with Gasteiger partial charge in [-0.25, -0.2) is 0 Å². The van der Waals surface area contributed by atoms with Crippen molar-refractivity contribution in [2.75, 3.05) is 7.05 Å². The molecule has 2 saturated carbocycles. The van der Waals surface area contributed by atoms with Crippen molar-refractivity contribution in [2.24, 2.45) is 17.8 Å². The second-order valence-corrected chi connectivity index (χ2v) is 7.00. The molecule has 1 aromatic heterocycles. The Morgan fingerprint density at radius 3 is 2.83 bits per heavy atom. The van der Waals surface area contributed by atoms with Crippen molar-refractivity contribution in [1.82, 2.24) is 4.90 Å². The summed E-state index contributed by atoms with van der Waals surface area (Å²) in [6.07, 6.45) is 5.11. The summed E-state index contributed by atoms with van der Waals surface area (Å²) in [5.41, 5.74) is 1.31. The fourth-order valence-corrected chi connectivity index (χ4v) is 4.65. The molecule has 0 radical (unpaired) electrons. The molecule has 98 valence electrons. The van der Waals surface area contributed by atoms with Crippen molar-refractivity contribution in [1.29, 1.82) is 0 Å².